The lowest BCUT2D eigenvalue weighted by atomic mass is 10.2. The molecule has 6 heteroatoms. The average molecular weight is 312 g/mol. The second-order valence-electron chi connectivity index (χ2n) is 5.60. The molecule has 0 saturated carbocycles. The highest BCUT2D eigenvalue weighted by atomic mass is 16.5. The van der Waals surface area contributed by atoms with Crippen LogP contribution in [0, 0.1) is 6.92 Å². The van der Waals surface area contributed by atoms with Crippen molar-refractivity contribution in [1.29, 1.82) is 0 Å². The van der Waals surface area contributed by atoms with Crippen LogP contribution < -0.4 is 10.6 Å². The fourth-order valence-corrected chi connectivity index (χ4v) is 2.41. The summed E-state index contributed by atoms with van der Waals surface area (Å²) in [5.74, 6) is 0.188. The van der Waals surface area contributed by atoms with Crippen LogP contribution in [0.4, 0.5) is 11.6 Å². The van der Waals surface area contributed by atoms with E-state index in [0.29, 0.717) is 18.2 Å². The van der Waals surface area contributed by atoms with Crippen LogP contribution in [0.1, 0.15) is 28.9 Å². The SMILES string of the molecule is Cc1ccc(NC(=O)c2ccnc(NCC3CCCO3)n2)cc1. The number of nitrogens with zero attached hydrogens (tertiary/aromatic N) is 2. The molecule has 1 amide bonds. The third-order valence-corrected chi connectivity index (χ3v) is 3.71. The Labute approximate surface area is 135 Å². The molecule has 2 N–H and O–H groups in total. The van der Waals surface area contributed by atoms with E-state index in [1.54, 1.807) is 12.3 Å². The minimum absolute atomic E-state index is 0.198. The number of aromatic nitrogens is 2. The number of hydrogen-bond donors (Lipinski definition) is 2. The largest absolute Gasteiger partial charge is 0.376 e. The number of anilines is 2. The van der Waals surface area contributed by atoms with Crippen molar-refractivity contribution in [3.63, 3.8) is 0 Å². The molecule has 1 fully saturated rings. The van der Waals surface area contributed by atoms with Crippen molar-refractivity contribution >= 4 is 17.5 Å². The van der Waals surface area contributed by atoms with Crippen LogP contribution in [-0.4, -0.2) is 35.1 Å². The normalized spacial score (nSPS) is 17.0. The summed E-state index contributed by atoms with van der Waals surface area (Å²) in [6.07, 6.45) is 3.91. The Hall–Kier alpha value is -2.47. The van der Waals surface area contributed by atoms with Gasteiger partial charge in [0, 0.05) is 25.0 Å². The molecule has 3 rings (SSSR count). The minimum atomic E-state index is -0.253. The number of aryl methyl sites for hydroxylation is 1. The molecule has 1 aromatic heterocycles. The summed E-state index contributed by atoms with van der Waals surface area (Å²) in [6.45, 7) is 3.47. The van der Waals surface area contributed by atoms with Gasteiger partial charge in [-0.25, -0.2) is 9.97 Å². The van der Waals surface area contributed by atoms with Crippen LogP contribution in [0.2, 0.25) is 0 Å². The van der Waals surface area contributed by atoms with Crippen LogP contribution in [0.3, 0.4) is 0 Å². The quantitative estimate of drug-likeness (QED) is 0.887. The zero-order valence-electron chi connectivity index (χ0n) is 13.1. The lowest BCUT2D eigenvalue weighted by molar-refractivity contribution is 0.102. The first-order valence-electron chi connectivity index (χ1n) is 7.77. The molecular weight excluding hydrogens is 292 g/mol. The van der Waals surface area contributed by atoms with Gasteiger partial charge in [0.1, 0.15) is 5.69 Å². The van der Waals surface area contributed by atoms with Gasteiger partial charge in [0.05, 0.1) is 6.10 Å². The van der Waals surface area contributed by atoms with Gasteiger partial charge >= 0.3 is 0 Å². The number of hydrogen-bond acceptors (Lipinski definition) is 5. The minimum Gasteiger partial charge on any atom is -0.376 e. The van der Waals surface area contributed by atoms with Gasteiger partial charge in [-0.2, -0.15) is 0 Å². The van der Waals surface area contributed by atoms with E-state index >= 15 is 0 Å². The molecule has 1 aromatic carbocycles. The summed E-state index contributed by atoms with van der Waals surface area (Å²) in [7, 11) is 0. The monoisotopic (exact) mass is 312 g/mol. The molecule has 1 unspecified atom stereocenters. The highest BCUT2D eigenvalue weighted by Crippen LogP contribution is 2.13. The maximum Gasteiger partial charge on any atom is 0.274 e. The first-order valence-corrected chi connectivity index (χ1v) is 7.77. The van der Waals surface area contributed by atoms with Crippen molar-refractivity contribution in [2.45, 2.75) is 25.9 Å². The van der Waals surface area contributed by atoms with E-state index in [-0.39, 0.29) is 12.0 Å². The molecule has 0 radical (unpaired) electrons. The molecule has 2 aromatic rings. The topological polar surface area (TPSA) is 76.1 Å². The van der Waals surface area contributed by atoms with E-state index in [4.69, 9.17) is 4.74 Å². The fraction of sp³-hybridized carbons (Fsp3) is 0.353. The molecule has 1 saturated heterocycles. The molecule has 6 nitrogen and oxygen atoms in total. The molecule has 1 aliphatic heterocycles. The Kier molecular flexibility index (Phi) is 4.83. The predicted octanol–water partition coefficient (Wildman–Crippen LogP) is 2.63. The molecule has 23 heavy (non-hydrogen) atoms. The second kappa shape index (κ2) is 7.19. The van der Waals surface area contributed by atoms with Gasteiger partial charge < -0.3 is 15.4 Å². The standard InChI is InChI=1S/C17H20N4O2/c1-12-4-6-13(7-5-12)20-16(22)15-8-9-18-17(21-15)19-11-14-3-2-10-23-14/h4-9,14H,2-3,10-11H2,1H3,(H,20,22)(H,18,19,21). The van der Waals surface area contributed by atoms with E-state index in [1.807, 2.05) is 31.2 Å². The molecule has 1 atom stereocenters. The summed E-state index contributed by atoms with van der Waals surface area (Å²) in [5.41, 5.74) is 2.22. The van der Waals surface area contributed by atoms with Gasteiger partial charge in [-0.15, -0.1) is 0 Å². The highest BCUT2D eigenvalue weighted by Gasteiger charge is 2.16. The third-order valence-electron chi connectivity index (χ3n) is 3.71. The number of ether oxygens (including phenoxy) is 1. The summed E-state index contributed by atoms with van der Waals surface area (Å²) < 4.78 is 5.54. The van der Waals surface area contributed by atoms with E-state index in [0.717, 1.165) is 30.7 Å². The number of nitrogens with one attached hydrogen (secondary N) is 2. The van der Waals surface area contributed by atoms with Gasteiger partial charge in [0.15, 0.2) is 0 Å². The van der Waals surface area contributed by atoms with E-state index in [1.165, 1.54) is 0 Å². The average Bonchev–Trinajstić information content (AvgIpc) is 3.09. The number of rotatable bonds is 5. The van der Waals surface area contributed by atoms with Crippen LogP contribution in [0.25, 0.3) is 0 Å². The predicted molar refractivity (Wildman–Crippen MR) is 88.6 cm³/mol. The summed E-state index contributed by atoms with van der Waals surface area (Å²) >= 11 is 0. The molecule has 2 heterocycles. The smallest absolute Gasteiger partial charge is 0.274 e. The molecule has 0 aliphatic carbocycles. The first-order chi connectivity index (χ1) is 11.2. The van der Waals surface area contributed by atoms with Crippen molar-refractivity contribution in [3.8, 4) is 0 Å². The van der Waals surface area contributed by atoms with Crippen LogP contribution in [-0.2, 0) is 4.74 Å². The third kappa shape index (κ3) is 4.26. The lowest BCUT2D eigenvalue weighted by Crippen LogP contribution is -2.21. The Morgan fingerprint density at radius 2 is 2.13 bits per heavy atom. The Bertz CT molecular complexity index is 667. The molecule has 1 aliphatic rings. The van der Waals surface area contributed by atoms with Crippen LogP contribution in [0.5, 0.6) is 0 Å². The zero-order valence-corrected chi connectivity index (χ0v) is 13.1. The van der Waals surface area contributed by atoms with Crippen molar-refractivity contribution in [2.75, 3.05) is 23.8 Å². The van der Waals surface area contributed by atoms with Gasteiger partial charge in [-0.3, -0.25) is 4.79 Å². The number of carbonyl (C=O) groups excluding carboxylic acids is 1. The summed E-state index contributed by atoms with van der Waals surface area (Å²) in [5, 5.41) is 5.95. The maximum absolute atomic E-state index is 12.3. The van der Waals surface area contributed by atoms with Gasteiger partial charge in [-0.05, 0) is 38.0 Å². The number of carbonyl (C=O) groups is 1. The number of benzene rings is 1. The Morgan fingerprint density at radius 1 is 1.30 bits per heavy atom. The maximum atomic E-state index is 12.3. The van der Waals surface area contributed by atoms with Gasteiger partial charge in [0.25, 0.3) is 5.91 Å². The van der Waals surface area contributed by atoms with Crippen LogP contribution in [0.15, 0.2) is 36.5 Å². The Morgan fingerprint density at radius 3 is 2.87 bits per heavy atom. The zero-order chi connectivity index (χ0) is 16.1. The van der Waals surface area contributed by atoms with Gasteiger partial charge in [-0.1, -0.05) is 17.7 Å². The second-order valence-corrected chi connectivity index (χ2v) is 5.60. The summed E-state index contributed by atoms with van der Waals surface area (Å²) in [6, 6.07) is 9.23. The van der Waals surface area contributed by atoms with Crippen molar-refractivity contribution in [3.05, 3.63) is 47.8 Å². The van der Waals surface area contributed by atoms with Gasteiger partial charge in [0.2, 0.25) is 5.95 Å². The lowest BCUT2D eigenvalue weighted by Gasteiger charge is -2.11. The van der Waals surface area contributed by atoms with Crippen LogP contribution >= 0.6 is 0 Å². The molecule has 0 bridgehead atoms. The Balaban J connectivity index is 1.61. The molecular formula is C17H20N4O2. The molecule has 0 spiro atoms. The van der Waals surface area contributed by atoms with Crippen molar-refractivity contribution in [2.24, 2.45) is 0 Å². The fourth-order valence-electron chi connectivity index (χ4n) is 2.41. The van der Waals surface area contributed by atoms with E-state index < -0.39 is 0 Å². The summed E-state index contributed by atoms with van der Waals surface area (Å²) in [4.78, 5) is 20.7. The van der Waals surface area contributed by atoms with E-state index in [9.17, 15) is 4.79 Å². The molecule has 120 valence electrons. The van der Waals surface area contributed by atoms with Crippen molar-refractivity contribution < 1.29 is 9.53 Å². The number of amides is 1. The van der Waals surface area contributed by atoms with E-state index in [2.05, 4.69) is 20.6 Å². The highest BCUT2D eigenvalue weighted by molar-refractivity contribution is 6.02. The van der Waals surface area contributed by atoms with Crippen molar-refractivity contribution in [1.82, 2.24) is 9.97 Å². The first kappa shape index (κ1) is 15.4.